The molecule has 0 aliphatic carbocycles. The number of nitrogens with zero attached hydrogens (tertiary/aromatic N) is 1. The van der Waals surface area contributed by atoms with Crippen molar-refractivity contribution in [3.8, 4) is 0 Å². The van der Waals surface area contributed by atoms with Crippen molar-refractivity contribution in [3.05, 3.63) is 59.9 Å². The molecule has 0 bridgehead atoms. The van der Waals surface area contributed by atoms with Crippen molar-refractivity contribution >= 4 is 21.6 Å². The summed E-state index contributed by atoms with van der Waals surface area (Å²) in [5.74, 6) is -0.869. The summed E-state index contributed by atoms with van der Waals surface area (Å²) >= 11 is 0. The van der Waals surface area contributed by atoms with Crippen LogP contribution in [0.2, 0.25) is 0 Å². The van der Waals surface area contributed by atoms with Crippen LogP contribution >= 0.6 is 0 Å². The van der Waals surface area contributed by atoms with E-state index >= 15 is 0 Å². The van der Waals surface area contributed by atoms with Crippen LogP contribution in [0.1, 0.15) is 23.2 Å². The van der Waals surface area contributed by atoms with E-state index in [1.165, 1.54) is 46.8 Å². The lowest BCUT2D eigenvalue weighted by atomic mass is 10.00. The molecule has 0 spiro atoms. The maximum absolute atomic E-state index is 13.2. The lowest BCUT2D eigenvalue weighted by molar-refractivity contribution is 0.102. The molecule has 1 fully saturated rings. The molecule has 0 radical (unpaired) electrons. The van der Waals surface area contributed by atoms with Gasteiger partial charge in [0, 0.05) is 30.9 Å². The number of piperidine rings is 1. The molecular weight excluding hydrogens is 371 g/mol. The minimum atomic E-state index is -3.72. The van der Waals surface area contributed by atoms with Crippen LogP contribution in [0.25, 0.3) is 0 Å². The third kappa shape index (κ3) is 4.52. The summed E-state index contributed by atoms with van der Waals surface area (Å²) in [5.41, 5.74) is 0.463. The molecular formula is C19H21FN2O4S. The molecule has 2 aromatic carbocycles. The first-order valence-electron chi connectivity index (χ1n) is 8.68. The number of benzene rings is 2. The second-order valence-corrected chi connectivity index (χ2v) is 8.46. The Kier molecular flexibility index (Phi) is 5.88. The van der Waals surface area contributed by atoms with E-state index in [-0.39, 0.29) is 23.0 Å². The number of hydrogen-bond donors (Lipinski definition) is 2. The van der Waals surface area contributed by atoms with Crippen LogP contribution in [0.3, 0.4) is 0 Å². The smallest absolute Gasteiger partial charge is 0.255 e. The molecule has 2 aromatic rings. The Morgan fingerprint density at radius 2 is 1.85 bits per heavy atom. The maximum Gasteiger partial charge on any atom is 0.255 e. The fourth-order valence-electron chi connectivity index (χ4n) is 3.05. The number of carbonyl (C=O) groups excluding carboxylic acids is 1. The third-order valence-electron chi connectivity index (χ3n) is 4.65. The summed E-state index contributed by atoms with van der Waals surface area (Å²) in [6.45, 7) is 0.740. The topological polar surface area (TPSA) is 86.7 Å². The van der Waals surface area contributed by atoms with E-state index in [1.807, 2.05) is 0 Å². The van der Waals surface area contributed by atoms with E-state index in [0.717, 1.165) is 0 Å². The van der Waals surface area contributed by atoms with Gasteiger partial charge in [-0.05, 0) is 55.2 Å². The van der Waals surface area contributed by atoms with Crippen LogP contribution in [-0.4, -0.2) is 43.4 Å². The first kappa shape index (κ1) is 19.5. The minimum absolute atomic E-state index is 0.0387. The molecule has 1 aliphatic heterocycles. The molecule has 2 N–H and O–H groups in total. The van der Waals surface area contributed by atoms with Crippen LogP contribution < -0.4 is 5.32 Å². The lowest BCUT2D eigenvalue weighted by Crippen LogP contribution is -2.39. The van der Waals surface area contributed by atoms with Crippen molar-refractivity contribution in [2.45, 2.75) is 17.7 Å². The third-order valence-corrected chi connectivity index (χ3v) is 6.54. The van der Waals surface area contributed by atoms with E-state index in [9.17, 15) is 22.7 Å². The van der Waals surface area contributed by atoms with Gasteiger partial charge in [-0.1, -0.05) is 12.1 Å². The van der Waals surface area contributed by atoms with Gasteiger partial charge in [-0.3, -0.25) is 4.79 Å². The summed E-state index contributed by atoms with van der Waals surface area (Å²) < 4.78 is 40.3. The van der Waals surface area contributed by atoms with Crippen molar-refractivity contribution in [3.63, 3.8) is 0 Å². The molecule has 1 heterocycles. The average molecular weight is 392 g/mol. The van der Waals surface area contributed by atoms with Crippen molar-refractivity contribution in [2.75, 3.05) is 25.0 Å². The largest absolute Gasteiger partial charge is 0.396 e. The van der Waals surface area contributed by atoms with Gasteiger partial charge in [0.2, 0.25) is 10.0 Å². The van der Waals surface area contributed by atoms with Gasteiger partial charge in [0.15, 0.2) is 0 Å². The van der Waals surface area contributed by atoms with Gasteiger partial charge in [0.1, 0.15) is 5.82 Å². The van der Waals surface area contributed by atoms with Gasteiger partial charge >= 0.3 is 0 Å². The van der Waals surface area contributed by atoms with Gasteiger partial charge in [-0.2, -0.15) is 4.31 Å². The van der Waals surface area contributed by atoms with Crippen LogP contribution in [0.4, 0.5) is 10.1 Å². The number of amides is 1. The predicted octanol–water partition coefficient (Wildman–Crippen LogP) is 2.47. The molecule has 8 heteroatoms. The summed E-state index contributed by atoms with van der Waals surface area (Å²) in [7, 11) is -3.72. The average Bonchev–Trinajstić information content (AvgIpc) is 2.68. The molecule has 6 nitrogen and oxygen atoms in total. The Hall–Kier alpha value is -2.29. The van der Waals surface area contributed by atoms with Gasteiger partial charge < -0.3 is 10.4 Å². The molecule has 1 amide bonds. The van der Waals surface area contributed by atoms with Crippen molar-refractivity contribution in [1.82, 2.24) is 4.31 Å². The minimum Gasteiger partial charge on any atom is -0.396 e. The number of anilines is 1. The Balaban J connectivity index is 1.77. The first-order chi connectivity index (χ1) is 12.9. The van der Waals surface area contributed by atoms with Crippen molar-refractivity contribution < 1.29 is 22.7 Å². The molecule has 0 unspecified atom stereocenters. The molecule has 0 atom stereocenters. The Labute approximate surface area is 157 Å². The summed E-state index contributed by atoms with van der Waals surface area (Å²) in [6.07, 6.45) is 1.21. The highest BCUT2D eigenvalue weighted by molar-refractivity contribution is 7.89. The second-order valence-electron chi connectivity index (χ2n) is 6.52. The molecule has 1 saturated heterocycles. The monoisotopic (exact) mass is 392 g/mol. The SMILES string of the molecule is O=C(Nc1cccc(F)c1)c1cccc(S(=O)(=O)N2CCC(CO)CC2)c1. The highest BCUT2D eigenvalue weighted by atomic mass is 32.2. The van der Waals surface area contributed by atoms with Gasteiger partial charge in [0.05, 0.1) is 4.90 Å². The van der Waals surface area contributed by atoms with Crippen LogP contribution in [0.5, 0.6) is 0 Å². The van der Waals surface area contributed by atoms with Crippen molar-refractivity contribution in [2.24, 2.45) is 5.92 Å². The molecule has 144 valence electrons. The van der Waals surface area contributed by atoms with Gasteiger partial charge in [-0.25, -0.2) is 12.8 Å². The second kappa shape index (κ2) is 8.16. The summed E-state index contributed by atoms with van der Waals surface area (Å²) in [5, 5.41) is 11.8. The van der Waals surface area contributed by atoms with Gasteiger partial charge in [0.25, 0.3) is 5.91 Å². The van der Waals surface area contributed by atoms with E-state index in [2.05, 4.69) is 5.32 Å². The number of sulfonamides is 1. The highest BCUT2D eigenvalue weighted by Gasteiger charge is 2.29. The quantitative estimate of drug-likeness (QED) is 0.818. The normalized spacial score (nSPS) is 16.2. The van der Waals surface area contributed by atoms with Crippen LogP contribution in [0.15, 0.2) is 53.4 Å². The zero-order valence-electron chi connectivity index (χ0n) is 14.6. The fourth-order valence-corrected chi connectivity index (χ4v) is 4.56. The molecule has 1 aliphatic rings. The van der Waals surface area contributed by atoms with Crippen LogP contribution in [0, 0.1) is 11.7 Å². The first-order valence-corrected chi connectivity index (χ1v) is 10.1. The fraction of sp³-hybridized carbons (Fsp3) is 0.316. The number of aliphatic hydroxyl groups excluding tert-OH is 1. The lowest BCUT2D eigenvalue weighted by Gasteiger charge is -2.30. The molecule has 0 saturated carbocycles. The number of hydrogen-bond acceptors (Lipinski definition) is 4. The van der Waals surface area contributed by atoms with E-state index in [1.54, 1.807) is 6.07 Å². The van der Waals surface area contributed by atoms with Crippen LogP contribution in [-0.2, 0) is 10.0 Å². The maximum atomic E-state index is 13.2. The summed E-state index contributed by atoms with van der Waals surface area (Å²) in [6, 6.07) is 11.3. The zero-order chi connectivity index (χ0) is 19.4. The zero-order valence-corrected chi connectivity index (χ0v) is 15.5. The van der Waals surface area contributed by atoms with Crippen molar-refractivity contribution in [1.29, 1.82) is 0 Å². The number of nitrogens with one attached hydrogen (secondary N) is 1. The molecule has 0 aromatic heterocycles. The number of rotatable bonds is 5. The Morgan fingerprint density at radius 1 is 1.15 bits per heavy atom. The Bertz CT molecular complexity index is 925. The molecule has 27 heavy (non-hydrogen) atoms. The van der Waals surface area contributed by atoms with E-state index in [0.29, 0.717) is 31.6 Å². The van der Waals surface area contributed by atoms with E-state index < -0.39 is 21.7 Å². The summed E-state index contributed by atoms with van der Waals surface area (Å²) in [4.78, 5) is 12.4. The van der Waals surface area contributed by atoms with E-state index in [4.69, 9.17) is 0 Å². The molecule has 3 rings (SSSR count). The highest BCUT2D eigenvalue weighted by Crippen LogP contribution is 2.24. The number of carbonyl (C=O) groups is 1. The number of aliphatic hydroxyl groups is 1. The number of halogens is 1. The standard InChI is InChI=1S/C19H21FN2O4S/c20-16-4-2-5-17(12-16)21-19(24)15-3-1-6-18(11-15)27(25,26)22-9-7-14(13-23)8-10-22/h1-6,11-12,14,23H,7-10,13H2,(H,21,24). The predicted molar refractivity (Wildman–Crippen MR) is 99.4 cm³/mol. The van der Waals surface area contributed by atoms with Gasteiger partial charge in [-0.15, -0.1) is 0 Å². The Morgan fingerprint density at radius 3 is 2.52 bits per heavy atom.